The van der Waals surface area contributed by atoms with Crippen LogP contribution in [0.4, 0.5) is 0 Å². The molecular formula is C22H28N4O2. The molecular weight excluding hydrogens is 352 g/mol. The van der Waals surface area contributed by atoms with E-state index in [1.54, 1.807) is 16.2 Å². The molecule has 148 valence electrons. The van der Waals surface area contributed by atoms with Gasteiger partial charge in [-0.1, -0.05) is 50.2 Å². The molecule has 3 aromatic rings. The van der Waals surface area contributed by atoms with Crippen LogP contribution >= 0.6 is 0 Å². The molecule has 0 aliphatic heterocycles. The second-order valence-corrected chi connectivity index (χ2v) is 7.46. The van der Waals surface area contributed by atoms with Crippen LogP contribution in [0, 0.1) is 0 Å². The van der Waals surface area contributed by atoms with E-state index in [9.17, 15) is 9.59 Å². The Hall–Kier alpha value is -2.86. The van der Waals surface area contributed by atoms with E-state index in [4.69, 9.17) is 5.73 Å². The summed E-state index contributed by atoms with van der Waals surface area (Å²) in [5.74, 6) is 0.358. The molecule has 0 spiro atoms. The number of carbonyl (C=O) groups is 1. The van der Waals surface area contributed by atoms with Gasteiger partial charge < -0.3 is 11.1 Å². The lowest BCUT2D eigenvalue weighted by Crippen LogP contribution is -2.33. The number of nitrogens with one attached hydrogen (secondary N) is 1. The van der Waals surface area contributed by atoms with Gasteiger partial charge in [-0.25, -0.2) is 4.79 Å². The molecule has 28 heavy (non-hydrogen) atoms. The first-order valence-electron chi connectivity index (χ1n) is 9.65. The molecule has 1 heterocycles. The minimum absolute atomic E-state index is 0.115. The molecule has 6 nitrogen and oxygen atoms in total. The summed E-state index contributed by atoms with van der Waals surface area (Å²) in [5.41, 5.74) is 10.0. The zero-order valence-electron chi connectivity index (χ0n) is 16.7. The largest absolute Gasteiger partial charge is 0.354 e. The van der Waals surface area contributed by atoms with Gasteiger partial charge in [-0.05, 0) is 29.2 Å². The van der Waals surface area contributed by atoms with Crippen LogP contribution < -0.4 is 16.7 Å². The number of fused-ring (bicyclic) bond motifs is 1. The van der Waals surface area contributed by atoms with Crippen LogP contribution in [0.3, 0.4) is 0 Å². The van der Waals surface area contributed by atoms with Crippen molar-refractivity contribution in [2.45, 2.75) is 38.8 Å². The van der Waals surface area contributed by atoms with E-state index in [2.05, 4.69) is 31.3 Å². The van der Waals surface area contributed by atoms with Crippen LogP contribution in [0.25, 0.3) is 11.0 Å². The summed E-state index contributed by atoms with van der Waals surface area (Å²) in [6.07, 6.45) is 0.229. The lowest BCUT2D eigenvalue weighted by atomic mass is 9.99. The van der Waals surface area contributed by atoms with Crippen molar-refractivity contribution in [3.8, 4) is 0 Å². The molecule has 2 aromatic carbocycles. The summed E-state index contributed by atoms with van der Waals surface area (Å²) in [7, 11) is 1.74. The summed E-state index contributed by atoms with van der Waals surface area (Å²) in [4.78, 5) is 24.7. The molecule has 1 amide bonds. The molecule has 0 fully saturated rings. The molecule has 0 aliphatic rings. The van der Waals surface area contributed by atoms with Crippen LogP contribution in [0.5, 0.6) is 0 Å². The fourth-order valence-corrected chi connectivity index (χ4v) is 3.35. The maximum atomic E-state index is 12.4. The molecule has 3 N–H and O–H groups in total. The van der Waals surface area contributed by atoms with E-state index in [-0.39, 0.29) is 24.1 Å². The number of para-hydroxylation sites is 2. The lowest BCUT2D eigenvalue weighted by Gasteiger charge is -2.14. The lowest BCUT2D eigenvalue weighted by molar-refractivity contribution is -0.121. The van der Waals surface area contributed by atoms with Gasteiger partial charge in [0.25, 0.3) is 0 Å². The van der Waals surface area contributed by atoms with Gasteiger partial charge in [0.05, 0.1) is 11.0 Å². The Balaban J connectivity index is 1.56. The van der Waals surface area contributed by atoms with Gasteiger partial charge in [0.1, 0.15) is 0 Å². The third-order valence-electron chi connectivity index (χ3n) is 5.16. The third kappa shape index (κ3) is 4.17. The van der Waals surface area contributed by atoms with Gasteiger partial charge in [-0.2, -0.15) is 0 Å². The van der Waals surface area contributed by atoms with E-state index in [0.29, 0.717) is 19.0 Å². The van der Waals surface area contributed by atoms with Crippen molar-refractivity contribution in [1.29, 1.82) is 0 Å². The molecule has 1 unspecified atom stereocenters. The Kier molecular flexibility index (Phi) is 5.99. The molecule has 1 atom stereocenters. The Bertz CT molecular complexity index is 1020. The number of aryl methyl sites for hydroxylation is 2. The minimum Gasteiger partial charge on any atom is -0.354 e. The van der Waals surface area contributed by atoms with Crippen molar-refractivity contribution >= 4 is 16.9 Å². The molecule has 3 rings (SSSR count). The van der Waals surface area contributed by atoms with E-state index in [1.807, 2.05) is 36.4 Å². The fraction of sp³-hybridized carbons (Fsp3) is 0.364. The summed E-state index contributed by atoms with van der Waals surface area (Å²) in [5, 5.41) is 2.88. The van der Waals surface area contributed by atoms with Gasteiger partial charge in [-0.3, -0.25) is 13.9 Å². The Morgan fingerprint density at radius 3 is 2.29 bits per heavy atom. The van der Waals surface area contributed by atoms with Crippen LogP contribution in [-0.4, -0.2) is 21.6 Å². The quantitative estimate of drug-likeness (QED) is 0.661. The number of imidazole rings is 1. The fourth-order valence-electron chi connectivity index (χ4n) is 3.35. The Labute approximate surface area is 165 Å². The summed E-state index contributed by atoms with van der Waals surface area (Å²) in [6.45, 7) is 5.00. The van der Waals surface area contributed by atoms with Crippen molar-refractivity contribution in [2.24, 2.45) is 12.8 Å². The maximum Gasteiger partial charge on any atom is 0.328 e. The van der Waals surface area contributed by atoms with E-state index < -0.39 is 0 Å². The predicted octanol–water partition coefficient (Wildman–Crippen LogP) is 2.67. The molecule has 0 saturated carbocycles. The van der Waals surface area contributed by atoms with Gasteiger partial charge in [0.15, 0.2) is 0 Å². The minimum atomic E-state index is -0.259. The molecule has 0 aliphatic carbocycles. The highest BCUT2D eigenvalue weighted by Gasteiger charge is 2.13. The number of hydrogen-bond donors (Lipinski definition) is 2. The van der Waals surface area contributed by atoms with Gasteiger partial charge in [0.2, 0.25) is 5.91 Å². The highest BCUT2D eigenvalue weighted by atomic mass is 16.2. The average Bonchev–Trinajstić information content (AvgIpc) is 2.95. The van der Waals surface area contributed by atoms with Gasteiger partial charge in [-0.15, -0.1) is 0 Å². The smallest absolute Gasteiger partial charge is 0.328 e. The second kappa shape index (κ2) is 8.44. The number of nitrogens with zero attached hydrogens (tertiary/aromatic N) is 2. The number of hydrogen-bond acceptors (Lipinski definition) is 3. The van der Waals surface area contributed by atoms with Crippen molar-refractivity contribution in [1.82, 2.24) is 14.5 Å². The normalized spacial score (nSPS) is 12.5. The number of benzene rings is 2. The standard InChI is InChI=1S/C22H28N4O2/c1-15(2)16-8-10-17(11-9-16)18(23)14-24-21(27)12-13-26-20-7-5-4-6-19(20)25(3)22(26)28/h4-11,15,18H,12-14,23H2,1-3H3,(H,24,27). The number of carbonyl (C=O) groups excluding carboxylic acids is 1. The van der Waals surface area contributed by atoms with Crippen molar-refractivity contribution in [3.05, 3.63) is 70.1 Å². The highest BCUT2D eigenvalue weighted by molar-refractivity contribution is 5.78. The van der Waals surface area contributed by atoms with Crippen LogP contribution in [0.2, 0.25) is 0 Å². The van der Waals surface area contributed by atoms with Crippen LogP contribution in [0.1, 0.15) is 43.4 Å². The highest BCUT2D eigenvalue weighted by Crippen LogP contribution is 2.17. The summed E-state index contributed by atoms with van der Waals surface area (Å²) < 4.78 is 3.24. The van der Waals surface area contributed by atoms with E-state index in [0.717, 1.165) is 16.6 Å². The number of aromatic nitrogens is 2. The summed E-state index contributed by atoms with van der Waals surface area (Å²) >= 11 is 0. The van der Waals surface area contributed by atoms with E-state index in [1.165, 1.54) is 5.56 Å². The van der Waals surface area contributed by atoms with Crippen LogP contribution in [0.15, 0.2) is 53.3 Å². The van der Waals surface area contributed by atoms with E-state index >= 15 is 0 Å². The van der Waals surface area contributed by atoms with Crippen LogP contribution in [-0.2, 0) is 18.4 Å². The Morgan fingerprint density at radius 1 is 1.04 bits per heavy atom. The number of rotatable bonds is 7. The molecule has 1 aromatic heterocycles. The topological polar surface area (TPSA) is 82.1 Å². The van der Waals surface area contributed by atoms with Crippen molar-refractivity contribution in [3.63, 3.8) is 0 Å². The van der Waals surface area contributed by atoms with Crippen molar-refractivity contribution < 1.29 is 4.79 Å². The second-order valence-electron chi connectivity index (χ2n) is 7.46. The number of amides is 1. The first-order valence-corrected chi connectivity index (χ1v) is 9.65. The number of nitrogens with two attached hydrogens (primary N) is 1. The van der Waals surface area contributed by atoms with Crippen molar-refractivity contribution in [2.75, 3.05) is 6.54 Å². The average molecular weight is 380 g/mol. The monoisotopic (exact) mass is 380 g/mol. The SMILES string of the molecule is CC(C)c1ccc(C(N)CNC(=O)CCn2c(=O)n(C)c3ccccc32)cc1. The molecule has 0 bridgehead atoms. The third-order valence-corrected chi connectivity index (χ3v) is 5.16. The zero-order chi connectivity index (χ0) is 20.3. The molecule has 6 heteroatoms. The van der Waals surface area contributed by atoms with Gasteiger partial charge >= 0.3 is 5.69 Å². The molecule has 0 saturated heterocycles. The summed E-state index contributed by atoms with van der Waals surface area (Å²) in [6, 6.07) is 15.5. The zero-order valence-corrected chi connectivity index (χ0v) is 16.7. The maximum absolute atomic E-state index is 12.4. The Morgan fingerprint density at radius 2 is 1.64 bits per heavy atom. The predicted molar refractivity (Wildman–Crippen MR) is 112 cm³/mol. The molecule has 0 radical (unpaired) electrons. The first kappa shape index (κ1) is 19.9. The first-order chi connectivity index (χ1) is 13.4. The van der Waals surface area contributed by atoms with Gasteiger partial charge in [0, 0.05) is 32.6 Å².